The van der Waals surface area contributed by atoms with Crippen molar-refractivity contribution >= 4 is 67.3 Å². The average molecular weight is 629 g/mol. The fourth-order valence-corrected chi connectivity index (χ4v) is 7.28. The van der Waals surface area contributed by atoms with Gasteiger partial charge in [-0.15, -0.1) is 22.7 Å². The second kappa shape index (κ2) is 12.0. The first kappa shape index (κ1) is 30.4. The standard InChI is InChI=1S/C18H25BN2O3S.C12H13ClN2OS/c1-17(2)18(3,4)24-19(23-17)12-6-7-15-13(10-12)20-16(25-15)14-11-21(5)8-9-22-14;1-15-4-5-16-10(7-15)12-14-9-6-8(13)2-3-11(9)17-12/h6-7,10,14H,8-9,11H2,1-5H3;2-3,6,10H,4-5,7H2,1H3. The molecule has 12 heteroatoms. The second-order valence-corrected chi connectivity index (χ2v) is 14.8. The van der Waals surface area contributed by atoms with Gasteiger partial charge >= 0.3 is 7.12 Å². The van der Waals surface area contributed by atoms with E-state index in [-0.39, 0.29) is 30.5 Å². The van der Waals surface area contributed by atoms with Gasteiger partial charge in [0, 0.05) is 31.2 Å². The summed E-state index contributed by atoms with van der Waals surface area (Å²) in [6, 6.07) is 12.1. The summed E-state index contributed by atoms with van der Waals surface area (Å²) in [6.45, 7) is 13.6. The van der Waals surface area contributed by atoms with Crippen LogP contribution in [-0.4, -0.2) is 91.6 Å². The van der Waals surface area contributed by atoms with Crippen molar-refractivity contribution < 1.29 is 18.8 Å². The Morgan fingerprint density at radius 2 is 1.29 bits per heavy atom. The van der Waals surface area contributed by atoms with Gasteiger partial charge in [0.1, 0.15) is 22.2 Å². The van der Waals surface area contributed by atoms with Crippen LogP contribution in [0.1, 0.15) is 49.9 Å². The number of morpholine rings is 2. The van der Waals surface area contributed by atoms with Gasteiger partial charge in [-0.2, -0.15) is 0 Å². The SMILES string of the molecule is CN1CCOC(c2nc3cc(B4OC(C)(C)C(C)(C)O4)ccc3s2)C1.CN1CCOC(c2nc3cc(Cl)ccc3s2)C1. The fourth-order valence-electron chi connectivity index (χ4n) is 5.14. The molecule has 3 aliphatic heterocycles. The van der Waals surface area contributed by atoms with Gasteiger partial charge in [0.05, 0.1) is 44.8 Å². The minimum Gasteiger partial charge on any atom is -0.399 e. The summed E-state index contributed by atoms with van der Waals surface area (Å²) >= 11 is 9.37. The highest BCUT2D eigenvalue weighted by atomic mass is 35.5. The molecule has 0 spiro atoms. The van der Waals surface area contributed by atoms with Crippen LogP contribution in [0.2, 0.25) is 5.02 Å². The first-order valence-electron chi connectivity index (χ1n) is 14.4. The van der Waals surface area contributed by atoms with Crippen molar-refractivity contribution in [3.8, 4) is 0 Å². The molecule has 0 amide bonds. The van der Waals surface area contributed by atoms with Crippen LogP contribution in [0, 0.1) is 0 Å². The number of likely N-dealkylation sites (N-methyl/N-ethyl adjacent to an activating group) is 2. The van der Waals surface area contributed by atoms with Crippen molar-refractivity contribution in [2.24, 2.45) is 0 Å². The van der Waals surface area contributed by atoms with Crippen molar-refractivity contribution in [1.29, 1.82) is 0 Å². The van der Waals surface area contributed by atoms with E-state index in [2.05, 4.69) is 74.8 Å². The van der Waals surface area contributed by atoms with Crippen LogP contribution in [0.3, 0.4) is 0 Å². The molecule has 3 saturated heterocycles. The van der Waals surface area contributed by atoms with E-state index in [9.17, 15) is 0 Å². The van der Waals surface area contributed by atoms with Crippen LogP contribution >= 0.6 is 34.3 Å². The first-order chi connectivity index (χ1) is 20.0. The summed E-state index contributed by atoms with van der Waals surface area (Å²) in [7, 11) is 3.88. The molecule has 2 aromatic heterocycles. The number of hydrogen-bond acceptors (Lipinski definition) is 10. The number of nitrogens with zero attached hydrogens (tertiary/aromatic N) is 4. The normalized spacial score (nSPS) is 24.7. The smallest absolute Gasteiger partial charge is 0.399 e. The van der Waals surface area contributed by atoms with Gasteiger partial charge in [0.15, 0.2) is 0 Å². The van der Waals surface area contributed by atoms with E-state index >= 15 is 0 Å². The average Bonchev–Trinajstić information content (AvgIpc) is 3.62. The molecule has 3 aliphatic rings. The van der Waals surface area contributed by atoms with E-state index in [1.165, 1.54) is 9.40 Å². The molecule has 2 unspecified atom stereocenters. The van der Waals surface area contributed by atoms with Gasteiger partial charge in [0.2, 0.25) is 0 Å². The molecule has 0 radical (unpaired) electrons. The molecule has 2 atom stereocenters. The Kier molecular flexibility index (Phi) is 8.69. The predicted octanol–water partition coefficient (Wildman–Crippen LogP) is 5.55. The zero-order valence-corrected chi connectivity index (χ0v) is 27.4. The summed E-state index contributed by atoms with van der Waals surface area (Å²) in [5, 5.41) is 2.83. The van der Waals surface area contributed by atoms with E-state index in [1.807, 2.05) is 18.2 Å². The Labute approximate surface area is 261 Å². The summed E-state index contributed by atoms with van der Waals surface area (Å²) in [4.78, 5) is 14.0. The summed E-state index contributed by atoms with van der Waals surface area (Å²) in [5.41, 5.74) is 2.31. The zero-order chi connectivity index (χ0) is 29.6. The molecule has 0 bridgehead atoms. The number of halogens is 1. The Morgan fingerprint density at radius 1 is 0.786 bits per heavy atom. The highest BCUT2D eigenvalue weighted by Crippen LogP contribution is 2.37. The molecular formula is C30H38BClN4O4S2. The molecule has 42 heavy (non-hydrogen) atoms. The van der Waals surface area contributed by atoms with Crippen LogP contribution in [-0.2, 0) is 18.8 Å². The Balaban J connectivity index is 0.000000162. The molecule has 0 saturated carbocycles. The number of benzene rings is 2. The molecule has 224 valence electrons. The Bertz CT molecular complexity index is 1550. The van der Waals surface area contributed by atoms with E-state index in [0.717, 1.165) is 70.9 Å². The van der Waals surface area contributed by atoms with Crippen LogP contribution in [0.5, 0.6) is 0 Å². The molecule has 0 aliphatic carbocycles. The van der Waals surface area contributed by atoms with E-state index in [0.29, 0.717) is 0 Å². The highest BCUT2D eigenvalue weighted by Gasteiger charge is 2.51. The number of hydrogen-bond donors (Lipinski definition) is 0. The summed E-state index contributed by atoms with van der Waals surface area (Å²) in [6.07, 6.45) is 0.168. The second-order valence-electron chi connectivity index (χ2n) is 12.3. The minimum atomic E-state index is -0.350. The minimum absolute atomic E-state index is 0.0662. The van der Waals surface area contributed by atoms with E-state index in [4.69, 9.17) is 35.4 Å². The van der Waals surface area contributed by atoms with Gasteiger partial charge in [-0.05, 0) is 77.6 Å². The third-order valence-corrected chi connectivity index (χ3v) is 10.9. The molecule has 7 rings (SSSR count). The van der Waals surface area contributed by atoms with Crippen LogP contribution < -0.4 is 5.46 Å². The summed E-state index contributed by atoms with van der Waals surface area (Å²) < 4.78 is 26.3. The van der Waals surface area contributed by atoms with Gasteiger partial charge in [0.25, 0.3) is 0 Å². The fraction of sp³-hybridized carbons (Fsp3) is 0.533. The molecule has 3 fully saturated rings. The van der Waals surface area contributed by atoms with Crippen molar-refractivity contribution in [3.05, 3.63) is 51.4 Å². The van der Waals surface area contributed by atoms with Crippen LogP contribution in [0.25, 0.3) is 20.4 Å². The predicted molar refractivity (Wildman–Crippen MR) is 172 cm³/mol. The lowest BCUT2D eigenvalue weighted by Crippen LogP contribution is -2.41. The maximum Gasteiger partial charge on any atom is 0.494 e. The third kappa shape index (κ3) is 6.41. The first-order valence-corrected chi connectivity index (χ1v) is 16.4. The molecular weight excluding hydrogens is 591 g/mol. The van der Waals surface area contributed by atoms with Crippen molar-refractivity contribution in [1.82, 2.24) is 19.8 Å². The number of ether oxygens (including phenoxy) is 2. The number of aromatic nitrogens is 2. The number of rotatable bonds is 3. The van der Waals surface area contributed by atoms with Gasteiger partial charge < -0.3 is 28.6 Å². The van der Waals surface area contributed by atoms with E-state index in [1.54, 1.807) is 22.7 Å². The maximum absolute atomic E-state index is 6.16. The van der Waals surface area contributed by atoms with Gasteiger partial charge in [-0.25, -0.2) is 9.97 Å². The van der Waals surface area contributed by atoms with Gasteiger partial charge in [-0.1, -0.05) is 17.7 Å². The molecule has 2 aromatic carbocycles. The quantitative estimate of drug-likeness (QED) is 0.274. The topological polar surface area (TPSA) is 69.2 Å². The van der Waals surface area contributed by atoms with Crippen LogP contribution in [0.15, 0.2) is 36.4 Å². The summed E-state index contributed by atoms with van der Waals surface area (Å²) in [5.74, 6) is 0. The highest BCUT2D eigenvalue weighted by molar-refractivity contribution is 7.19. The number of fused-ring (bicyclic) bond motifs is 2. The molecule has 5 heterocycles. The molecule has 8 nitrogen and oxygen atoms in total. The Hall–Kier alpha value is -1.67. The lowest BCUT2D eigenvalue weighted by atomic mass is 9.79. The largest absolute Gasteiger partial charge is 0.494 e. The maximum atomic E-state index is 6.16. The molecule has 4 aromatic rings. The third-order valence-electron chi connectivity index (χ3n) is 8.41. The van der Waals surface area contributed by atoms with Crippen molar-refractivity contribution in [2.45, 2.75) is 51.1 Å². The monoisotopic (exact) mass is 628 g/mol. The number of thiazole rings is 2. The van der Waals surface area contributed by atoms with Gasteiger partial charge in [-0.3, -0.25) is 0 Å². The zero-order valence-electron chi connectivity index (χ0n) is 25.1. The lowest BCUT2D eigenvalue weighted by Gasteiger charge is -2.32. The van der Waals surface area contributed by atoms with Crippen molar-refractivity contribution in [3.63, 3.8) is 0 Å². The lowest BCUT2D eigenvalue weighted by molar-refractivity contribution is -0.0209. The van der Waals surface area contributed by atoms with Crippen LogP contribution in [0.4, 0.5) is 0 Å². The Morgan fingerprint density at radius 3 is 1.81 bits per heavy atom. The molecule has 0 N–H and O–H groups in total. The van der Waals surface area contributed by atoms with Crippen molar-refractivity contribution in [2.75, 3.05) is 53.5 Å². The van der Waals surface area contributed by atoms with E-state index < -0.39 is 0 Å².